The predicted molar refractivity (Wildman–Crippen MR) is 103 cm³/mol. The van der Waals surface area contributed by atoms with Gasteiger partial charge < -0.3 is 16.0 Å². The summed E-state index contributed by atoms with van der Waals surface area (Å²) in [5, 5.41) is 9.32. The second-order valence-corrected chi connectivity index (χ2v) is 7.37. The summed E-state index contributed by atoms with van der Waals surface area (Å²) in [5.74, 6) is 1.25. The Morgan fingerprint density at radius 3 is 2.68 bits per heavy atom. The number of rotatable bonds is 7. The Hall–Kier alpha value is -2.11. The van der Waals surface area contributed by atoms with Crippen molar-refractivity contribution < 1.29 is 4.79 Å². The number of nitrogens with zero attached hydrogens (tertiary/aromatic N) is 2. The number of anilines is 1. The van der Waals surface area contributed by atoms with Crippen molar-refractivity contribution in [2.45, 2.75) is 46.0 Å². The number of hydrogen-bond donors (Lipinski definition) is 3. The van der Waals surface area contributed by atoms with Crippen LogP contribution in [0.15, 0.2) is 29.5 Å². The molecule has 1 amide bonds. The molecule has 1 aliphatic carbocycles. The molecule has 0 aliphatic heterocycles. The molecule has 2 rings (SSSR count). The van der Waals surface area contributed by atoms with Crippen LogP contribution in [-0.2, 0) is 4.79 Å². The van der Waals surface area contributed by atoms with Crippen LogP contribution < -0.4 is 16.0 Å². The number of aliphatic imine (C=N–C) groups is 1. The van der Waals surface area contributed by atoms with Crippen LogP contribution in [0.5, 0.6) is 0 Å². The molecule has 1 aromatic heterocycles. The average molecular weight is 345 g/mol. The van der Waals surface area contributed by atoms with Crippen molar-refractivity contribution in [3.63, 3.8) is 0 Å². The first-order chi connectivity index (χ1) is 12.0. The minimum atomic E-state index is -0.117. The van der Waals surface area contributed by atoms with Crippen LogP contribution in [0.2, 0.25) is 0 Å². The number of amides is 1. The Labute approximate surface area is 150 Å². The summed E-state index contributed by atoms with van der Waals surface area (Å²) < 4.78 is 0. The predicted octanol–water partition coefficient (Wildman–Crippen LogP) is 2.79. The van der Waals surface area contributed by atoms with Gasteiger partial charge in [0.05, 0.1) is 18.4 Å². The number of nitrogens with one attached hydrogen (secondary N) is 3. The van der Waals surface area contributed by atoms with Crippen molar-refractivity contribution in [3.8, 4) is 0 Å². The molecule has 25 heavy (non-hydrogen) atoms. The number of hydrogen-bond acceptors (Lipinski definition) is 3. The van der Waals surface area contributed by atoms with E-state index in [1.807, 2.05) is 6.07 Å². The van der Waals surface area contributed by atoms with Gasteiger partial charge in [-0.15, -0.1) is 0 Å². The van der Waals surface area contributed by atoms with Crippen LogP contribution in [0, 0.1) is 11.3 Å². The van der Waals surface area contributed by atoms with E-state index < -0.39 is 0 Å². The first kappa shape index (κ1) is 19.2. The maximum absolute atomic E-state index is 12.0. The molecule has 0 aromatic carbocycles. The fraction of sp³-hybridized carbons (Fsp3) is 0.632. The molecule has 6 nitrogen and oxygen atoms in total. The fourth-order valence-corrected chi connectivity index (χ4v) is 3.74. The zero-order chi connectivity index (χ0) is 18.1. The van der Waals surface area contributed by atoms with Crippen molar-refractivity contribution in [3.05, 3.63) is 24.5 Å². The maximum atomic E-state index is 12.0. The topological polar surface area (TPSA) is 78.4 Å². The van der Waals surface area contributed by atoms with E-state index in [4.69, 9.17) is 0 Å². The SMILES string of the molecule is CN=C(NCC(=O)Nc1cccnc1)NCC1(CC(C)C)CCCC1. The molecule has 0 bridgehead atoms. The molecule has 1 saturated carbocycles. The molecule has 1 fully saturated rings. The molecule has 0 atom stereocenters. The summed E-state index contributed by atoms with van der Waals surface area (Å²) in [6.45, 7) is 5.66. The highest BCUT2D eigenvalue weighted by atomic mass is 16.1. The normalized spacial score (nSPS) is 16.7. The van der Waals surface area contributed by atoms with Crippen molar-refractivity contribution in [1.29, 1.82) is 0 Å². The minimum absolute atomic E-state index is 0.117. The van der Waals surface area contributed by atoms with Crippen LogP contribution >= 0.6 is 0 Å². The van der Waals surface area contributed by atoms with Gasteiger partial charge in [-0.2, -0.15) is 0 Å². The number of aromatic nitrogens is 1. The standard InChI is InChI=1S/C19H31N5O/c1-15(2)11-19(8-4-5-9-19)14-23-18(20-3)22-13-17(25)24-16-7-6-10-21-12-16/h6-7,10,12,15H,4-5,8-9,11,13-14H2,1-3H3,(H,24,25)(H2,20,22,23). The van der Waals surface area contributed by atoms with Crippen molar-refractivity contribution in [1.82, 2.24) is 15.6 Å². The molecule has 0 spiro atoms. The molecular weight excluding hydrogens is 314 g/mol. The van der Waals surface area contributed by atoms with Crippen molar-refractivity contribution in [2.24, 2.45) is 16.3 Å². The molecule has 0 radical (unpaired) electrons. The average Bonchev–Trinajstić information content (AvgIpc) is 3.04. The summed E-state index contributed by atoms with van der Waals surface area (Å²) in [5.41, 5.74) is 1.06. The van der Waals surface area contributed by atoms with E-state index in [1.54, 1.807) is 25.5 Å². The zero-order valence-electron chi connectivity index (χ0n) is 15.6. The lowest BCUT2D eigenvalue weighted by Gasteiger charge is -2.31. The van der Waals surface area contributed by atoms with Gasteiger partial charge in [0, 0.05) is 19.8 Å². The molecule has 1 aromatic rings. The van der Waals surface area contributed by atoms with E-state index in [9.17, 15) is 4.79 Å². The summed E-state index contributed by atoms with van der Waals surface area (Å²) >= 11 is 0. The maximum Gasteiger partial charge on any atom is 0.243 e. The third-order valence-electron chi connectivity index (χ3n) is 4.72. The molecule has 1 heterocycles. The molecule has 138 valence electrons. The number of carbonyl (C=O) groups is 1. The van der Waals surface area contributed by atoms with Gasteiger partial charge in [-0.25, -0.2) is 0 Å². The quantitative estimate of drug-likeness (QED) is 0.524. The summed E-state index contributed by atoms with van der Waals surface area (Å²) in [7, 11) is 1.73. The van der Waals surface area contributed by atoms with E-state index in [0.29, 0.717) is 23.0 Å². The van der Waals surface area contributed by atoms with Crippen LogP contribution in [0.1, 0.15) is 46.0 Å². The largest absolute Gasteiger partial charge is 0.356 e. The third-order valence-corrected chi connectivity index (χ3v) is 4.72. The minimum Gasteiger partial charge on any atom is -0.356 e. The Bertz CT molecular complexity index is 564. The molecule has 1 aliphatic rings. The molecule has 0 saturated heterocycles. The van der Waals surface area contributed by atoms with Gasteiger partial charge in [0.15, 0.2) is 5.96 Å². The molecule has 3 N–H and O–H groups in total. The first-order valence-electron chi connectivity index (χ1n) is 9.17. The van der Waals surface area contributed by atoms with Gasteiger partial charge in [0.25, 0.3) is 0 Å². The van der Waals surface area contributed by atoms with Gasteiger partial charge >= 0.3 is 0 Å². The number of guanidine groups is 1. The second kappa shape index (κ2) is 9.39. The fourth-order valence-electron chi connectivity index (χ4n) is 3.74. The lowest BCUT2D eigenvalue weighted by Crippen LogP contribution is -2.45. The molecule has 6 heteroatoms. The van der Waals surface area contributed by atoms with Crippen LogP contribution in [0.25, 0.3) is 0 Å². The lowest BCUT2D eigenvalue weighted by molar-refractivity contribution is -0.115. The van der Waals surface area contributed by atoms with Crippen molar-refractivity contribution >= 4 is 17.6 Å². The van der Waals surface area contributed by atoms with Gasteiger partial charge in [0.1, 0.15) is 0 Å². The third kappa shape index (κ3) is 6.36. The Balaban J connectivity index is 1.79. The molecular formula is C19H31N5O. The second-order valence-electron chi connectivity index (χ2n) is 7.37. The van der Waals surface area contributed by atoms with E-state index in [-0.39, 0.29) is 12.5 Å². The summed E-state index contributed by atoms with van der Waals surface area (Å²) in [6.07, 6.45) is 9.71. The van der Waals surface area contributed by atoms with Crippen molar-refractivity contribution in [2.75, 3.05) is 25.5 Å². The Kier molecular flexibility index (Phi) is 7.22. The zero-order valence-corrected chi connectivity index (χ0v) is 15.6. The lowest BCUT2D eigenvalue weighted by atomic mass is 9.78. The summed E-state index contributed by atoms with van der Waals surface area (Å²) in [6, 6.07) is 3.60. The Morgan fingerprint density at radius 2 is 2.08 bits per heavy atom. The van der Waals surface area contributed by atoms with E-state index >= 15 is 0 Å². The van der Waals surface area contributed by atoms with Crippen LogP contribution in [0.3, 0.4) is 0 Å². The highest BCUT2D eigenvalue weighted by molar-refractivity contribution is 5.94. The van der Waals surface area contributed by atoms with E-state index in [1.165, 1.54) is 32.1 Å². The molecule has 0 unspecified atom stereocenters. The Morgan fingerprint density at radius 1 is 1.32 bits per heavy atom. The number of carbonyl (C=O) groups excluding carboxylic acids is 1. The van der Waals surface area contributed by atoms with Gasteiger partial charge in [-0.05, 0) is 42.7 Å². The van der Waals surface area contributed by atoms with E-state index in [2.05, 4.69) is 39.8 Å². The van der Waals surface area contributed by atoms with Crippen LogP contribution in [-0.4, -0.2) is 37.0 Å². The summed E-state index contributed by atoms with van der Waals surface area (Å²) in [4.78, 5) is 20.2. The highest BCUT2D eigenvalue weighted by Gasteiger charge is 2.34. The van der Waals surface area contributed by atoms with Gasteiger partial charge in [-0.3, -0.25) is 14.8 Å². The monoisotopic (exact) mass is 345 g/mol. The van der Waals surface area contributed by atoms with Gasteiger partial charge in [-0.1, -0.05) is 26.7 Å². The number of pyridine rings is 1. The smallest absolute Gasteiger partial charge is 0.243 e. The van der Waals surface area contributed by atoms with E-state index in [0.717, 1.165) is 6.54 Å². The first-order valence-corrected chi connectivity index (χ1v) is 9.17. The van der Waals surface area contributed by atoms with Gasteiger partial charge in [0.2, 0.25) is 5.91 Å². The van der Waals surface area contributed by atoms with Crippen LogP contribution in [0.4, 0.5) is 5.69 Å². The highest BCUT2D eigenvalue weighted by Crippen LogP contribution is 2.42.